The van der Waals surface area contributed by atoms with Crippen LogP contribution in [0.5, 0.6) is 0 Å². The van der Waals surface area contributed by atoms with E-state index in [4.69, 9.17) is 5.73 Å². The summed E-state index contributed by atoms with van der Waals surface area (Å²) < 4.78 is 4.38. The van der Waals surface area contributed by atoms with Gasteiger partial charge in [-0.15, -0.1) is 0 Å². The predicted molar refractivity (Wildman–Crippen MR) is 76.9 cm³/mol. The average Bonchev–Trinajstić information content (AvgIpc) is 2.80. The van der Waals surface area contributed by atoms with Crippen molar-refractivity contribution in [1.82, 2.24) is 9.36 Å². The van der Waals surface area contributed by atoms with Crippen LogP contribution < -0.4 is 11.1 Å². The maximum atomic E-state index is 5.99. The molecule has 0 aliphatic heterocycles. The Labute approximate surface area is 114 Å². The second kappa shape index (κ2) is 5.97. The van der Waals surface area contributed by atoms with Gasteiger partial charge in [0.1, 0.15) is 5.82 Å². The Bertz CT molecular complexity index is 369. The van der Waals surface area contributed by atoms with Gasteiger partial charge in [-0.2, -0.15) is 4.37 Å². The molecule has 0 radical (unpaired) electrons. The molecular weight excluding hydrogens is 244 g/mol. The van der Waals surface area contributed by atoms with Gasteiger partial charge < -0.3 is 11.1 Å². The number of hydrogen-bond acceptors (Lipinski definition) is 5. The molecule has 2 rings (SSSR count). The Morgan fingerprint density at radius 1 is 1.44 bits per heavy atom. The molecule has 1 aliphatic rings. The highest BCUT2D eigenvalue weighted by Crippen LogP contribution is 2.34. The molecule has 0 spiro atoms. The van der Waals surface area contributed by atoms with E-state index < -0.39 is 0 Å². The molecule has 0 aromatic carbocycles. The number of rotatable bonds is 5. The third kappa shape index (κ3) is 3.20. The summed E-state index contributed by atoms with van der Waals surface area (Å²) in [6.07, 6.45) is 6.86. The molecule has 5 heteroatoms. The molecule has 102 valence electrons. The highest BCUT2D eigenvalue weighted by Gasteiger charge is 2.33. The van der Waals surface area contributed by atoms with Crippen molar-refractivity contribution in [3.05, 3.63) is 5.82 Å². The van der Waals surface area contributed by atoms with E-state index in [9.17, 15) is 0 Å². The lowest BCUT2D eigenvalue weighted by Crippen LogP contribution is -2.48. The molecule has 4 nitrogen and oxygen atoms in total. The quantitative estimate of drug-likeness (QED) is 0.862. The maximum absolute atomic E-state index is 5.99. The zero-order valence-electron chi connectivity index (χ0n) is 11.4. The van der Waals surface area contributed by atoms with Crippen LogP contribution in [0.15, 0.2) is 0 Å². The molecule has 1 aromatic heterocycles. The van der Waals surface area contributed by atoms with Crippen molar-refractivity contribution in [1.29, 1.82) is 0 Å². The van der Waals surface area contributed by atoms with Crippen molar-refractivity contribution >= 4 is 16.7 Å². The average molecular weight is 268 g/mol. The Kier molecular flexibility index (Phi) is 4.56. The second-order valence-electron chi connectivity index (χ2n) is 5.56. The first-order valence-electron chi connectivity index (χ1n) is 6.98. The van der Waals surface area contributed by atoms with E-state index in [-0.39, 0.29) is 5.54 Å². The Morgan fingerprint density at radius 3 is 2.78 bits per heavy atom. The van der Waals surface area contributed by atoms with Gasteiger partial charge in [-0.05, 0) is 38.0 Å². The fraction of sp³-hybridized carbons (Fsp3) is 0.846. The second-order valence-corrected chi connectivity index (χ2v) is 6.31. The first kappa shape index (κ1) is 13.7. The number of nitrogens with zero attached hydrogens (tertiary/aromatic N) is 2. The molecular formula is C13H24N4S. The third-order valence-electron chi connectivity index (χ3n) is 3.94. The SMILES string of the molecule is CCCc1nsc(NC2(CN)CCC(C)CC2)n1. The standard InChI is InChI=1S/C13H24N4S/c1-3-4-11-15-12(18-17-11)16-13(9-14)7-5-10(2)6-8-13/h10H,3-9,14H2,1-2H3,(H,15,16,17). The van der Waals surface area contributed by atoms with E-state index in [1.807, 2.05) is 0 Å². The largest absolute Gasteiger partial charge is 0.354 e. The third-order valence-corrected chi connectivity index (χ3v) is 4.60. The van der Waals surface area contributed by atoms with E-state index in [1.54, 1.807) is 0 Å². The van der Waals surface area contributed by atoms with E-state index in [1.165, 1.54) is 24.4 Å². The van der Waals surface area contributed by atoms with Crippen LogP contribution in [-0.4, -0.2) is 21.4 Å². The fourth-order valence-corrected chi connectivity index (χ4v) is 3.28. The summed E-state index contributed by atoms with van der Waals surface area (Å²) in [5, 5.41) is 4.51. The molecule has 1 saturated carbocycles. The molecule has 0 amide bonds. The Balaban J connectivity index is 2.00. The van der Waals surface area contributed by atoms with E-state index in [0.29, 0.717) is 6.54 Å². The number of aromatic nitrogens is 2. The fourth-order valence-electron chi connectivity index (χ4n) is 2.55. The van der Waals surface area contributed by atoms with E-state index in [0.717, 1.165) is 42.6 Å². The summed E-state index contributed by atoms with van der Waals surface area (Å²) in [5.41, 5.74) is 6.04. The molecule has 0 saturated heterocycles. The van der Waals surface area contributed by atoms with Crippen LogP contribution in [0.1, 0.15) is 51.8 Å². The molecule has 0 bridgehead atoms. The van der Waals surface area contributed by atoms with Crippen molar-refractivity contribution in [3.63, 3.8) is 0 Å². The Hall–Kier alpha value is -0.680. The number of aryl methyl sites for hydroxylation is 1. The van der Waals surface area contributed by atoms with Crippen LogP contribution in [-0.2, 0) is 6.42 Å². The number of nitrogens with two attached hydrogens (primary N) is 1. The van der Waals surface area contributed by atoms with Crippen molar-refractivity contribution in [2.24, 2.45) is 11.7 Å². The predicted octanol–water partition coefficient (Wildman–Crippen LogP) is 2.81. The van der Waals surface area contributed by atoms with Gasteiger partial charge in [-0.3, -0.25) is 0 Å². The molecule has 1 fully saturated rings. The number of hydrogen-bond donors (Lipinski definition) is 2. The Morgan fingerprint density at radius 2 is 2.17 bits per heavy atom. The van der Waals surface area contributed by atoms with Crippen LogP contribution >= 0.6 is 11.5 Å². The topological polar surface area (TPSA) is 63.8 Å². The number of nitrogens with one attached hydrogen (secondary N) is 1. The summed E-state index contributed by atoms with van der Waals surface area (Å²) in [4.78, 5) is 4.55. The minimum absolute atomic E-state index is 0.0511. The van der Waals surface area contributed by atoms with Gasteiger partial charge in [0, 0.05) is 24.5 Å². The van der Waals surface area contributed by atoms with Gasteiger partial charge >= 0.3 is 0 Å². The molecule has 0 unspecified atom stereocenters. The van der Waals surface area contributed by atoms with E-state index >= 15 is 0 Å². The van der Waals surface area contributed by atoms with Gasteiger partial charge in [-0.1, -0.05) is 13.8 Å². The summed E-state index contributed by atoms with van der Waals surface area (Å²) in [5.74, 6) is 1.79. The summed E-state index contributed by atoms with van der Waals surface area (Å²) in [6, 6.07) is 0. The van der Waals surface area contributed by atoms with Crippen molar-refractivity contribution < 1.29 is 0 Å². The lowest BCUT2D eigenvalue weighted by atomic mass is 9.77. The van der Waals surface area contributed by atoms with Crippen LogP contribution in [0, 0.1) is 5.92 Å². The van der Waals surface area contributed by atoms with Gasteiger partial charge in [0.05, 0.1) is 5.54 Å². The van der Waals surface area contributed by atoms with Crippen LogP contribution in [0.25, 0.3) is 0 Å². The lowest BCUT2D eigenvalue weighted by molar-refractivity contribution is 0.271. The highest BCUT2D eigenvalue weighted by atomic mass is 32.1. The smallest absolute Gasteiger partial charge is 0.203 e. The van der Waals surface area contributed by atoms with Gasteiger partial charge in [0.2, 0.25) is 5.13 Å². The van der Waals surface area contributed by atoms with Crippen molar-refractivity contribution in [2.45, 2.75) is 57.9 Å². The molecule has 1 aromatic rings. The molecule has 18 heavy (non-hydrogen) atoms. The molecule has 1 aliphatic carbocycles. The van der Waals surface area contributed by atoms with Gasteiger partial charge in [-0.25, -0.2) is 4.98 Å². The summed E-state index contributed by atoms with van der Waals surface area (Å²) in [6.45, 7) is 5.16. The zero-order chi connectivity index (χ0) is 13.0. The van der Waals surface area contributed by atoms with Gasteiger partial charge in [0.25, 0.3) is 0 Å². The zero-order valence-corrected chi connectivity index (χ0v) is 12.2. The first-order valence-corrected chi connectivity index (χ1v) is 7.75. The molecule has 3 N–H and O–H groups in total. The normalized spacial score (nSPS) is 28.3. The van der Waals surface area contributed by atoms with Gasteiger partial charge in [0.15, 0.2) is 0 Å². The monoisotopic (exact) mass is 268 g/mol. The minimum Gasteiger partial charge on any atom is -0.354 e. The lowest BCUT2D eigenvalue weighted by Gasteiger charge is -2.39. The minimum atomic E-state index is 0.0511. The summed E-state index contributed by atoms with van der Waals surface area (Å²) >= 11 is 1.47. The van der Waals surface area contributed by atoms with Crippen molar-refractivity contribution in [3.8, 4) is 0 Å². The number of anilines is 1. The molecule has 0 atom stereocenters. The summed E-state index contributed by atoms with van der Waals surface area (Å²) in [7, 11) is 0. The molecule has 1 heterocycles. The van der Waals surface area contributed by atoms with Crippen LogP contribution in [0.3, 0.4) is 0 Å². The highest BCUT2D eigenvalue weighted by molar-refractivity contribution is 7.09. The maximum Gasteiger partial charge on any atom is 0.203 e. The first-order chi connectivity index (χ1) is 8.67. The van der Waals surface area contributed by atoms with E-state index in [2.05, 4.69) is 28.5 Å². The van der Waals surface area contributed by atoms with Crippen LogP contribution in [0.4, 0.5) is 5.13 Å². The van der Waals surface area contributed by atoms with Crippen molar-refractivity contribution in [2.75, 3.05) is 11.9 Å². The van der Waals surface area contributed by atoms with Crippen LogP contribution in [0.2, 0.25) is 0 Å².